The highest BCUT2D eigenvalue weighted by Gasteiger charge is 2.36. The third-order valence-electron chi connectivity index (χ3n) is 3.82. The van der Waals surface area contributed by atoms with E-state index < -0.39 is 28.6 Å². The average molecular weight is 339 g/mol. The molecule has 122 valence electrons. The number of nitro benzene ring substituents is 1. The Balaban J connectivity index is 2.21. The van der Waals surface area contributed by atoms with E-state index in [1.165, 1.54) is 18.2 Å². The molecule has 1 amide bonds. The lowest BCUT2D eigenvalue weighted by Gasteiger charge is -2.25. The van der Waals surface area contributed by atoms with Gasteiger partial charge in [0.2, 0.25) is 5.91 Å². The Bertz CT molecular complexity index is 701. The molecular formula is C15H15ClN2O5. The first-order valence-corrected chi connectivity index (χ1v) is 7.30. The fourth-order valence-electron chi connectivity index (χ4n) is 2.52. The van der Waals surface area contributed by atoms with Crippen LogP contribution in [0.15, 0.2) is 29.3 Å². The van der Waals surface area contributed by atoms with Crippen molar-refractivity contribution in [3.8, 4) is 0 Å². The SMILES string of the molecule is Cc1ccc(NC(=O)[C@@H]2CC(Cl)=CC[C@@H]2C(=O)O)cc1[N+](=O)[O-]. The van der Waals surface area contributed by atoms with Gasteiger partial charge >= 0.3 is 5.97 Å². The van der Waals surface area contributed by atoms with Crippen molar-refractivity contribution in [1.82, 2.24) is 0 Å². The second-order valence-corrected chi connectivity index (χ2v) is 5.88. The summed E-state index contributed by atoms with van der Waals surface area (Å²) < 4.78 is 0. The number of nitrogens with zero attached hydrogens (tertiary/aromatic N) is 1. The summed E-state index contributed by atoms with van der Waals surface area (Å²) in [6, 6.07) is 4.32. The van der Waals surface area contributed by atoms with E-state index in [1.54, 1.807) is 13.0 Å². The molecule has 0 fully saturated rings. The van der Waals surface area contributed by atoms with Gasteiger partial charge in [-0.3, -0.25) is 19.7 Å². The second-order valence-electron chi connectivity index (χ2n) is 5.39. The van der Waals surface area contributed by atoms with Crippen molar-refractivity contribution in [3.05, 3.63) is 45.0 Å². The molecule has 23 heavy (non-hydrogen) atoms. The van der Waals surface area contributed by atoms with E-state index in [9.17, 15) is 24.8 Å². The number of carbonyl (C=O) groups excluding carboxylic acids is 1. The molecule has 2 atom stereocenters. The summed E-state index contributed by atoms with van der Waals surface area (Å²) in [5.41, 5.74) is 0.612. The van der Waals surface area contributed by atoms with Gasteiger partial charge in [-0.1, -0.05) is 23.7 Å². The summed E-state index contributed by atoms with van der Waals surface area (Å²) in [5.74, 6) is -3.26. The molecule has 0 saturated heterocycles. The molecule has 0 aromatic heterocycles. The van der Waals surface area contributed by atoms with Gasteiger partial charge in [0.05, 0.1) is 16.8 Å². The molecule has 1 aliphatic carbocycles. The number of rotatable bonds is 4. The molecule has 2 rings (SSSR count). The number of nitrogens with one attached hydrogen (secondary N) is 1. The van der Waals surface area contributed by atoms with E-state index in [1.807, 2.05) is 0 Å². The Morgan fingerprint density at radius 2 is 2.09 bits per heavy atom. The lowest BCUT2D eigenvalue weighted by atomic mass is 9.82. The van der Waals surface area contributed by atoms with Crippen molar-refractivity contribution in [3.63, 3.8) is 0 Å². The molecule has 0 aliphatic heterocycles. The first-order chi connectivity index (χ1) is 10.8. The van der Waals surface area contributed by atoms with E-state index in [0.717, 1.165) is 0 Å². The largest absolute Gasteiger partial charge is 0.481 e. The van der Waals surface area contributed by atoms with Gasteiger partial charge in [-0.15, -0.1) is 0 Å². The van der Waals surface area contributed by atoms with Crippen molar-refractivity contribution in [1.29, 1.82) is 0 Å². The van der Waals surface area contributed by atoms with Crippen molar-refractivity contribution < 1.29 is 19.6 Å². The van der Waals surface area contributed by atoms with Crippen LogP contribution in [0, 0.1) is 28.9 Å². The van der Waals surface area contributed by atoms with Crippen molar-refractivity contribution >= 4 is 34.9 Å². The van der Waals surface area contributed by atoms with Crippen molar-refractivity contribution in [2.45, 2.75) is 19.8 Å². The van der Waals surface area contributed by atoms with Gasteiger partial charge in [-0.2, -0.15) is 0 Å². The summed E-state index contributed by atoms with van der Waals surface area (Å²) in [4.78, 5) is 34.0. The normalized spacial score (nSPS) is 20.5. The van der Waals surface area contributed by atoms with E-state index >= 15 is 0 Å². The van der Waals surface area contributed by atoms with Gasteiger partial charge in [0.25, 0.3) is 5.69 Å². The third kappa shape index (κ3) is 3.87. The van der Waals surface area contributed by atoms with Crippen LogP contribution in [0.2, 0.25) is 0 Å². The number of aryl methyl sites for hydroxylation is 1. The smallest absolute Gasteiger partial charge is 0.307 e. The van der Waals surface area contributed by atoms with Crippen LogP contribution in [0.1, 0.15) is 18.4 Å². The molecule has 7 nitrogen and oxygen atoms in total. The number of carbonyl (C=O) groups is 2. The van der Waals surface area contributed by atoms with Gasteiger partial charge < -0.3 is 10.4 Å². The number of benzene rings is 1. The first-order valence-electron chi connectivity index (χ1n) is 6.93. The Labute approximate surface area is 137 Å². The number of amides is 1. The minimum absolute atomic E-state index is 0.112. The fraction of sp³-hybridized carbons (Fsp3) is 0.333. The molecule has 8 heteroatoms. The van der Waals surface area contributed by atoms with E-state index in [0.29, 0.717) is 10.6 Å². The molecule has 0 unspecified atom stereocenters. The summed E-state index contributed by atoms with van der Waals surface area (Å²) in [7, 11) is 0. The molecule has 1 aromatic rings. The van der Waals surface area contributed by atoms with Crippen LogP contribution >= 0.6 is 11.6 Å². The van der Waals surface area contributed by atoms with Crippen LogP contribution < -0.4 is 5.32 Å². The number of carboxylic acid groups (broad SMARTS) is 1. The Morgan fingerprint density at radius 1 is 1.39 bits per heavy atom. The van der Waals surface area contributed by atoms with Gasteiger partial charge in [-0.05, 0) is 25.8 Å². The van der Waals surface area contributed by atoms with Gasteiger partial charge in [0, 0.05) is 22.3 Å². The van der Waals surface area contributed by atoms with Gasteiger partial charge in [0.1, 0.15) is 0 Å². The fourth-order valence-corrected chi connectivity index (χ4v) is 2.78. The predicted molar refractivity (Wildman–Crippen MR) is 84.2 cm³/mol. The number of hydrogen-bond donors (Lipinski definition) is 2. The number of halogens is 1. The average Bonchev–Trinajstić information content (AvgIpc) is 2.48. The zero-order valence-corrected chi connectivity index (χ0v) is 13.0. The molecule has 0 bridgehead atoms. The summed E-state index contributed by atoms with van der Waals surface area (Å²) >= 11 is 5.91. The lowest BCUT2D eigenvalue weighted by Crippen LogP contribution is -2.35. The van der Waals surface area contributed by atoms with E-state index in [4.69, 9.17) is 11.6 Å². The number of anilines is 1. The Morgan fingerprint density at radius 3 is 2.70 bits per heavy atom. The quantitative estimate of drug-likeness (QED) is 0.647. The number of aliphatic carboxylic acids is 1. The van der Waals surface area contributed by atoms with Crippen LogP contribution in [-0.2, 0) is 9.59 Å². The van der Waals surface area contributed by atoms with Crippen LogP contribution in [0.5, 0.6) is 0 Å². The molecule has 0 saturated carbocycles. The van der Waals surface area contributed by atoms with Crippen molar-refractivity contribution in [2.75, 3.05) is 5.32 Å². The second kappa shape index (κ2) is 6.78. The Hall–Kier alpha value is -2.41. The number of carboxylic acids is 1. The number of nitro groups is 1. The standard InChI is InChI=1S/C15H15ClN2O5/c1-8-2-4-10(7-13(8)18(22)23)17-14(19)12-6-9(16)3-5-11(12)15(20)21/h2-4,7,11-12H,5-6H2,1H3,(H,17,19)(H,20,21)/t11-,12+/m0/s1. The predicted octanol–water partition coefficient (Wildman–Crippen LogP) is 3.08. The minimum Gasteiger partial charge on any atom is -0.481 e. The lowest BCUT2D eigenvalue weighted by molar-refractivity contribution is -0.385. The zero-order valence-electron chi connectivity index (χ0n) is 12.3. The molecule has 1 aliphatic rings. The minimum atomic E-state index is -1.07. The first kappa shape index (κ1) is 17.0. The summed E-state index contributed by atoms with van der Waals surface area (Å²) in [6.45, 7) is 1.59. The van der Waals surface area contributed by atoms with Crippen LogP contribution in [0.4, 0.5) is 11.4 Å². The van der Waals surface area contributed by atoms with Gasteiger partial charge in [0.15, 0.2) is 0 Å². The molecule has 2 N–H and O–H groups in total. The van der Waals surface area contributed by atoms with E-state index in [2.05, 4.69) is 5.32 Å². The van der Waals surface area contributed by atoms with Crippen LogP contribution in [0.3, 0.4) is 0 Å². The van der Waals surface area contributed by atoms with Crippen LogP contribution in [0.25, 0.3) is 0 Å². The molecule has 0 radical (unpaired) electrons. The number of hydrogen-bond acceptors (Lipinski definition) is 4. The summed E-state index contributed by atoms with van der Waals surface area (Å²) in [5, 5.41) is 23.1. The zero-order chi connectivity index (χ0) is 17.1. The molecule has 0 spiro atoms. The molecule has 0 heterocycles. The third-order valence-corrected chi connectivity index (χ3v) is 4.13. The maximum atomic E-state index is 12.4. The number of allylic oxidation sites excluding steroid dienone is 2. The molecule has 1 aromatic carbocycles. The van der Waals surface area contributed by atoms with Crippen LogP contribution in [-0.4, -0.2) is 21.9 Å². The maximum absolute atomic E-state index is 12.4. The highest BCUT2D eigenvalue weighted by molar-refractivity contribution is 6.29. The van der Waals surface area contributed by atoms with Gasteiger partial charge in [-0.25, -0.2) is 0 Å². The Kier molecular flexibility index (Phi) is 5.00. The highest BCUT2D eigenvalue weighted by atomic mass is 35.5. The monoisotopic (exact) mass is 338 g/mol. The summed E-state index contributed by atoms with van der Waals surface area (Å²) in [6.07, 6.45) is 1.92. The van der Waals surface area contributed by atoms with Crippen molar-refractivity contribution in [2.24, 2.45) is 11.8 Å². The van der Waals surface area contributed by atoms with E-state index in [-0.39, 0.29) is 24.2 Å². The topological polar surface area (TPSA) is 110 Å². The maximum Gasteiger partial charge on any atom is 0.307 e. The molecular weight excluding hydrogens is 324 g/mol. The highest BCUT2D eigenvalue weighted by Crippen LogP contribution is 2.33.